The highest BCUT2D eigenvalue weighted by atomic mass is 16.3. The number of nitrogens with one attached hydrogen (secondary N) is 2. The van der Waals surface area contributed by atoms with Crippen molar-refractivity contribution < 1.29 is 9.90 Å². The maximum atomic E-state index is 11.8. The molecule has 0 saturated carbocycles. The van der Waals surface area contributed by atoms with Crippen LogP contribution in [-0.2, 0) is 6.54 Å². The van der Waals surface area contributed by atoms with Crippen LogP contribution in [0.3, 0.4) is 0 Å². The van der Waals surface area contributed by atoms with Crippen LogP contribution < -0.4 is 10.6 Å². The van der Waals surface area contributed by atoms with Gasteiger partial charge in [0.05, 0.1) is 18.8 Å². The smallest absolute Gasteiger partial charge is 0.251 e. The molecule has 0 saturated heterocycles. The molecule has 0 aliphatic heterocycles. The Morgan fingerprint density at radius 3 is 2.85 bits per heavy atom. The molecule has 1 aromatic carbocycles. The minimum atomic E-state index is -0.194. The van der Waals surface area contributed by atoms with Crippen LogP contribution >= 0.6 is 0 Å². The first kappa shape index (κ1) is 14.0. The van der Waals surface area contributed by atoms with Gasteiger partial charge in [0.2, 0.25) is 0 Å². The molecule has 0 spiro atoms. The number of hydrogen-bond donors (Lipinski definition) is 3. The van der Waals surface area contributed by atoms with E-state index in [9.17, 15) is 4.79 Å². The second kappa shape index (κ2) is 7.25. The first-order valence-corrected chi connectivity index (χ1v) is 6.42. The number of amides is 1. The summed E-state index contributed by atoms with van der Waals surface area (Å²) in [5, 5.41) is 14.5. The number of benzene rings is 1. The number of aliphatic hydroxyl groups excluding tert-OH is 1. The summed E-state index contributed by atoms with van der Waals surface area (Å²) in [6.07, 6.45) is 1.75. The Labute approximate surface area is 117 Å². The van der Waals surface area contributed by atoms with Gasteiger partial charge in [-0.2, -0.15) is 0 Å². The fraction of sp³-hybridized carbons (Fsp3) is 0.200. The van der Waals surface area contributed by atoms with Crippen LogP contribution in [0.4, 0.5) is 5.69 Å². The molecule has 0 unspecified atom stereocenters. The Morgan fingerprint density at radius 1 is 1.20 bits per heavy atom. The highest BCUT2D eigenvalue weighted by Crippen LogP contribution is 2.11. The van der Waals surface area contributed by atoms with Crippen molar-refractivity contribution in [1.82, 2.24) is 10.3 Å². The molecule has 2 rings (SSSR count). The molecule has 104 valence electrons. The highest BCUT2D eigenvalue weighted by Gasteiger charge is 2.05. The van der Waals surface area contributed by atoms with Gasteiger partial charge in [-0.3, -0.25) is 9.78 Å². The quantitative estimate of drug-likeness (QED) is 0.743. The van der Waals surface area contributed by atoms with Gasteiger partial charge in [-0.1, -0.05) is 12.1 Å². The van der Waals surface area contributed by atoms with Gasteiger partial charge in [-0.05, 0) is 30.3 Å². The van der Waals surface area contributed by atoms with Crippen molar-refractivity contribution in [3.05, 3.63) is 59.9 Å². The third kappa shape index (κ3) is 4.07. The number of rotatable bonds is 6. The van der Waals surface area contributed by atoms with Crippen molar-refractivity contribution in [1.29, 1.82) is 0 Å². The monoisotopic (exact) mass is 271 g/mol. The van der Waals surface area contributed by atoms with Gasteiger partial charge in [0.15, 0.2) is 0 Å². The average molecular weight is 271 g/mol. The number of aromatic nitrogens is 1. The molecular formula is C15H17N3O2. The lowest BCUT2D eigenvalue weighted by atomic mass is 10.2. The van der Waals surface area contributed by atoms with Gasteiger partial charge in [-0.25, -0.2) is 0 Å². The molecule has 0 atom stereocenters. The zero-order valence-corrected chi connectivity index (χ0v) is 11.0. The lowest BCUT2D eigenvalue weighted by Crippen LogP contribution is -2.26. The topological polar surface area (TPSA) is 74.2 Å². The largest absolute Gasteiger partial charge is 0.395 e. The predicted octanol–water partition coefficient (Wildman–Crippen LogP) is 1.42. The molecular weight excluding hydrogens is 254 g/mol. The summed E-state index contributed by atoms with van der Waals surface area (Å²) in [7, 11) is 0. The second-order valence-electron chi connectivity index (χ2n) is 4.23. The van der Waals surface area contributed by atoms with E-state index >= 15 is 0 Å². The highest BCUT2D eigenvalue weighted by molar-refractivity contribution is 5.95. The number of carbonyl (C=O) groups is 1. The maximum Gasteiger partial charge on any atom is 0.251 e. The lowest BCUT2D eigenvalue weighted by Gasteiger charge is -2.08. The molecule has 1 amide bonds. The minimum Gasteiger partial charge on any atom is -0.395 e. The number of carbonyl (C=O) groups excluding carboxylic acids is 1. The van der Waals surface area contributed by atoms with E-state index in [-0.39, 0.29) is 19.1 Å². The first-order chi connectivity index (χ1) is 9.79. The van der Waals surface area contributed by atoms with Crippen molar-refractivity contribution in [3.63, 3.8) is 0 Å². The van der Waals surface area contributed by atoms with Gasteiger partial charge in [0.1, 0.15) is 0 Å². The normalized spacial score (nSPS) is 10.1. The fourth-order valence-electron chi connectivity index (χ4n) is 1.74. The Morgan fingerprint density at radius 2 is 2.10 bits per heavy atom. The van der Waals surface area contributed by atoms with Crippen LogP contribution in [0, 0.1) is 0 Å². The summed E-state index contributed by atoms with van der Waals surface area (Å²) in [5.74, 6) is -0.194. The molecule has 1 aromatic heterocycles. The molecule has 5 nitrogen and oxygen atoms in total. The molecule has 3 N–H and O–H groups in total. The Hall–Kier alpha value is -2.40. The number of pyridine rings is 1. The molecule has 0 fully saturated rings. The molecule has 2 aromatic rings. The van der Waals surface area contributed by atoms with Gasteiger partial charge in [0, 0.05) is 24.0 Å². The lowest BCUT2D eigenvalue weighted by molar-refractivity contribution is 0.0945. The Kier molecular flexibility index (Phi) is 5.08. The van der Waals surface area contributed by atoms with Crippen molar-refractivity contribution in [2.75, 3.05) is 18.5 Å². The zero-order valence-electron chi connectivity index (χ0n) is 11.0. The Balaban J connectivity index is 1.97. The van der Waals surface area contributed by atoms with Gasteiger partial charge in [-0.15, -0.1) is 0 Å². The molecule has 20 heavy (non-hydrogen) atoms. The molecule has 1 heterocycles. The van der Waals surface area contributed by atoms with Gasteiger partial charge < -0.3 is 15.7 Å². The third-order valence-corrected chi connectivity index (χ3v) is 2.72. The summed E-state index contributed by atoms with van der Waals surface area (Å²) >= 11 is 0. The van der Waals surface area contributed by atoms with E-state index < -0.39 is 0 Å². The SMILES string of the molecule is O=C(NCCO)c1cccc(NCc2ccccn2)c1. The minimum absolute atomic E-state index is 0.0661. The van der Waals surface area contributed by atoms with Gasteiger partial charge >= 0.3 is 0 Å². The van der Waals surface area contributed by atoms with Crippen molar-refractivity contribution in [2.24, 2.45) is 0 Å². The van der Waals surface area contributed by atoms with E-state index in [0.29, 0.717) is 12.1 Å². The fourth-order valence-corrected chi connectivity index (χ4v) is 1.74. The van der Waals surface area contributed by atoms with Crippen LogP contribution in [0.5, 0.6) is 0 Å². The van der Waals surface area contributed by atoms with Gasteiger partial charge in [0.25, 0.3) is 5.91 Å². The van der Waals surface area contributed by atoms with E-state index in [1.165, 1.54) is 0 Å². The van der Waals surface area contributed by atoms with Crippen LogP contribution in [0.2, 0.25) is 0 Å². The zero-order chi connectivity index (χ0) is 14.2. The van der Waals surface area contributed by atoms with Crippen molar-refractivity contribution in [3.8, 4) is 0 Å². The standard InChI is InChI=1S/C15H17N3O2/c19-9-8-17-15(20)12-4-3-6-13(10-12)18-11-14-5-1-2-7-16-14/h1-7,10,18-19H,8-9,11H2,(H,17,20). The molecule has 0 radical (unpaired) electrons. The van der Waals surface area contributed by atoms with Crippen LogP contribution in [0.25, 0.3) is 0 Å². The van der Waals surface area contributed by atoms with E-state index in [1.807, 2.05) is 30.3 Å². The van der Waals surface area contributed by atoms with E-state index in [4.69, 9.17) is 5.11 Å². The van der Waals surface area contributed by atoms with E-state index in [0.717, 1.165) is 11.4 Å². The summed E-state index contributed by atoms with van der Waals surface area (Å²) in [6.45, 7) is 0.788. The van der Waals surface area contributed by atoms with Crippen LogP contribution in [-0.4, -0.2) is 29.1 Å². The first-order valence-electron chi connectivity index (χ1n) is 6.42. The molecule has 0 aliphatic rings. The number of anilines is 1. The molecule has 0 bridgehead atoms. The Bertz CT molecular complexity index is 558. The number of hydrogen-bond acceptors (Lipinski definition) is 4. The van der Waals surface area contributed by atoms with Crippen molar-refractivity contribution >= 4 is 11.6 Å². The second-order valence-corrected chi connectivity index (χ2v) is 4.23. The van der Waals surface area contributed by atoms with Crippen LogP contribution in [0.15, 0.2) is 48.7 Å². The van der Waals surface area contributed by atoms with E-state index in [1.54, 1.807) is 18.3 Å². The number of nitrogens with zero attached hydrogens (tertiary/aromatic N) is 1. The number of aliphatic hydroxyl groups is 1. The maximum absolute atomic E-state index is 11.8. The van der Waals surface area contributed by atoms with E-state index in [2.05, 4.69) is 15.6 Å². The molecule has 0 aliphatic carbocycles. The average Bonchev–Trinajstić information content (AvgIpc) is 2.52. The van der Waals surface area contributed by atoms with Crippen LogP contribution in [0.1, 0.15) is 16.1 Å². The summed E-state index contributed by atoms with van der Waals surface area (Å²) in [4.78, 5) is 16.0. The van der Waals surface area contributed by atoms with Crippen molar-refractivity contribution in [2.45, 2.75) is 6.54 Å². The third-order valence-electron chi connectivity index (χ3n) is 2.72. The summed E-state index contributed by atoms with van der Waals surface area (Å²) in [6, 6.07) is 13.0. The predicted molar refractivity (Wildman–Crippen MR) is 77.4 cm³/mol. The molecule has 5 heteroatoms. The summed E-state index contributed by atoms with van der Waals surface area (Å²) < 4.78 is 0. The summed E-state index contributed by atoms with van der Waals surface area (Å²) in [5.41, 5.74) is 2.35.